The molecule has 2 fully saturated rings. The number of likely N-dealkylation sites (tertiary alicyclic amines) is 1. The van der Waals surface area contributed by atoms with E-state index in [2.05, 4.69) is 27.3 Å². The maximum absolute atomic E-state index is 12.9. The largest absolute Gasteiger partial charge is 0.350 e. The molecule has 1 amide bonds. The average molecular weight is 418 g/mol. The van der Waals surface area contributed by atoms with Gasteiger partial charge in [-0.25, -0.2) is 14.5 Å². The summed E-state index contributed by atoms with van der Waals surface area (Å²) >= 11 is 0. The van der Waals surface area contributed by atoms with Crippen LogP contribution in [0, 0.1) is 5.92 Å². The molecule has 5 heterocycles. The molecule has 2 aliphatic rings. The third kappa shape index (κ3) is 3.22. The lowest BCUT2D eigenvalue weighted by molar-refractivity contribution is 0.0786. The van der Waals surface area contributed by atoms with Gasteiger partial charge in [-0.1, -0.05) is 0 Å². The second-order valence-electron chi connectivity index (χ2n) is 8.70. The Morgan fingerprint density at radius 3 is 2.81 bits per heavy atom. The van der Waals surface area contributed by atoms with Crippen molar-refractivity contribution in [1.82, 2.24) is 28.9 Å². The lowest BCUT2D eigenvalue weighted by atomic mass is 10.1. The summed E-state index contributed by atoms with van der Waals surface area (Å²) in [5.41, 5.74) is 4.33. The van der Waals surface area contributed by atoms with Crippen LogP contribution in [0.2, 0.25) is 0 Å². The van der Waals surface area contributed by atoms with E-state index in [0.29, 0.717) is 17.7 Å². The highest BCUT2D eigenvalue weighted by Crippen LogP contribution is 2.33. The third-order valence-corrected chi connectivity index (χ3v) is 6.53. The highest BCUT2D eigenvalue weighted by atomic mass is 16.2. The van der Waals surface area contributed by atoms with Crippen LogP contribution in [0.4, 0.5) is 5.95 Å². The minimum absolute atomic E-state index is 0. The number of rotatable bonds is 5. The number of imidazole rings is 1. The second kappa shape index (κ2) is 7.08. The molecule has 0 unspecified atom stereocenters. The van der Waals surface area contributed by atoms with E-state index >= 15 is 0 Å². The summed E-state index contributed by atoms with van der Waals surface area (Å²) in [5.74, 6) is 1.43. The first-order valence-corrected chi connectivity index (χ1v) is 11.0. The molecule has 0 aromatic carbocycles. The maximum atomic E-state index is 12.9. The first kappa shape index (κ1) is 18.4. The van der Waals surface area contributed by atoms with Gasteiger partial charge >= 0.3 is 0 Å². The molecular formula is C23H27N7O. The SMILES string of the molecule is C[C@@H](Nc1ncc2c(-c3ccc4ncc(C(=O)N5CCCC5)n4c3)ccn2n1)C1CC1.[HH]. The van der Waals surface area contributed by atoms with Gasteiger partial charge in [0.25, 0.3) is 5.91 Å². The number of nitrogens with zero attached hydrogens (tertiary/aromatic N) is 6. The zero-order valence-corrected chi connectivity index (χ0v) is 17.5. The van der Waals surface area contributed by atoms with Gasteiger partial charge in [-0.15, -0.1) is 5.10 Å². The van der Waals surface area contributed by atoms with E-state index in [1.54, 1.807) is 6.20 Å². The highest BCUT2D eigenvalue weighted by Gasteiger charge is 2.28. The molecule has 4 aromatic heterocycles. The lowest BCUT2D eigenvalue weighted by Crippen LogP contribution is -2.28. The van der Waals surface area contributed by atoms with E-state index in [1.165, 1.54) is 12.8 Å². The summed E-state index contributed by atoms with van der Waals surface area (Å²) in [6.45, 7) is 3.83. The predicted octanol–water partition coefficient (Wildman–Crippen LogP) is 3.74. The van der Waals surface area contributed by atoms with Gasteiger partial charge in [0.1, 0.15) is 11.3 Å². The van der Waals surface area contributed by atoms with Gasteiger partial charge in [0.15, 0.2) is 0 Å². The fourth-order valence-corrected chi connectivity index (χ4v) is 4.51. The van der Waals surface area contributed by atoms with E-state index in [1.807, 2.05) is 50.6 Å². The number of anilines is 1. The first-order chi connectivity index (χ1) is 15.2. The van der Waals surface area contributed by atoms with Crippen LogP contribution in [-0.4, -0.2) is 53.9 Å². The third-order valence-electron chi connectivity index (χ3n) is 6.53. The normalized spacial score (nSPS) is 17.5. The topological polar surface area (TPSA) is 79.8 Å². The Morgan fingerprint density at radius 1 is 1.16 bits per heavy atom. The van der Waals surface area contributed by atoms with Gasteiger partial charge in [-0.2, -0.15) is 0 Å². The molecule has 4 aromatic rings. The first-order valence-electron chi connectivity index (χ1n) is 11.0. The molecule has 6 rings (SSSR count). The minimum atomic E-state index is 0. The number of amides is 1. The van der Waals surface area contributed by atoms with Crippen LogP contribution in [0.5, 0.6) is 0 Å². The molecular weight excluding hydrogens is 390 g/mol. The Labute approximate surface area is 181 Å². The fourth-order valence-electron chi connectivity index (χ4n) is 4.51. The Hall–Kier alpha value is -3.42. The number of fused-ring (bicyclic) bond motifs is 2. The van der Waals surface area contributed by atoms with Gasteiger partial charge in [-0.05, 0) is 56.7 Å². The molecule has 1 atom stereocenters. The van der Waals surface area contributed by atoms with Crippen LogP contribution in [0.1, 0.15) is 44.5 Å². The standard InChI is InChI=1S/C23H25N7O.H2/c1-15(16-4-5-16)26-23-25-12-19-18(8-11-30(19)27-23)17-6-7-21-24-13-20(29(21)14-17)22(31)28-9-2-3-10-28;/h6-8,11-16H,2-5,9-10H2,1H3,(H,26,27);1H/t15-;/m1./s1. The van der Waals surface area contributed by atoms with Crippen LogP contribution in [0.15, 0.2) is 43.0 Å². The number of carbonyl (C=O) groups is 1. The summed E-state index contributed by atoms with van der Waals surface area (Å²) in [5, 5.41) is 8.05. The van der Waals surface area contributed by atoms with Crippen LogP contribution in [0.25, 0.3) is 22.3 Å². The summed E-state index contributed by atoms with van der Waals surface area (Å²) in [4.78, 5) is 23.8. The molecule has 0 radical (unpaired) electrons. The Bertz CT molecular complexity index is 1290. The smallest absolute Gasteiger partial charge is 0.272 e. The van der Waals surface area contributed by atoms with Crippen molar-refractivity contribution in [2.24, 2.45) is 5.92 Å². The molecule has 1 saturated heterocycles. The van der Waals surface area contributed by atoms with Crippen LogP contribution in [0.3, 0.4) is 0 Å². The molecule has 1 saturated carbocycles. The van der Waals surface area contributed by atoms with Gasteiger partial charge < -0.3 is 10.2 Å². The molecule has 160 valence electrons. The van der Waals surface area contributed by atoms with Gasteiger partial charge in [0.2, 0.25) is 5.95 Å². The highest BCUT2D eigenvalue weighted by molar-refractivity contribution is 5.93. The van der Waals surface area contributed by atoms with E-state index in [0.717, 1.165) is 54.1 Å². The van der Waals surface area contributed by atoms with Crippen molar-refractivity contribution in [2.75, 3.05) is 18.4 Å². The average Bonchev–Trinajstić information content (AvgIpc) is 3.17. The van der Waals surface area contributed by atoms with Crippen LogP contribution >= 0.6 is 0 Å². The summed E-state index contributed by atoms with van der Waals surface area (Å²) in [6.07, 6.45) is 12.2. The molecule has 8 heteroatoms. The molecule has 0 spiro atoms. The monoisotopic (exact) mass is 417 g/mol. The number of pyridine rings is 1. The van der Waals surface area contributed by atoms with Gasteiger partial charge in [0, 0.05) is 44.1 Å². The Morgan fingerprint density at radius 2 is 2.00 bits per heavy atom. The minimum Gasteiger partial charge on any atom is -0.350 e. The second-order valence-corrected chi connectivity index (χ2v) is 8.70. The van der Waals surface area contributed by atoms with Crippen LogP contribution < -0.4 is 5.32 Å². The van der Waals surface area contributed by atoms with Crippen molar-refractivity contribution in [3.63, 3.8) is 0 Å². The Balaban J connectivity index is 0.00000216. The molecule has 1 aliphatic carbocycles. The molecule has 31 heavy (non-hydrogen) atoms. The van der Waals surface area contributed by atoms with Crippen molar-refractivity contribution in [2.45, 2.75) is 38.6 Å². The summed E-state index contributed by atoms with van der Waals surface area (Å²) in [6, 6.07) is 6.41. The van der Waals surface area contributed by atoms with Crippen molar-refractivity contribution >= 4 is 23.0 Å². The van der Waals surface area contributed by atoms with Crippen molar-refractivity contribution in [1.29, 1.82) is 0 Å². The predicted molar refractivity (Wildman–Crippen MR) is 120 cm³/mol. The number of hydrogen-bond acceptors (Lipinski definition) is 5. The van der Waals surface area contributed by atoms with Crippen LogP contribution in [-0.2, 0) is 0 Å². The zero-order chi connectivity index (χ0) is 20.9. The van der Waals surface area contributed by atoms with E-state index in [9.17, 15) is 4.79 Å². The van der Waals surface area contributed by atoms with Crippen molar-refractivity contribution in [3.05, 3.63) is 48.7 Å². The molecule has 1 aliphatic heterocycles. The summed E-state index contributed by atoms with van der Waals surface area (Å²) < 4.78 is 3.76. The van der Waals surface area contributed by atoms with E-state index in [-0.39, 0.29) is 7.33 Å². The van der Waals surface area contributed by atoms with E-state index < -0.39 is 0 Å². The molecule has 0 bridgehead atoms. The zero-order valence-electron chi connectivity index (χ0n) is 17.5. The number of aromatic nitrogens is 5. The van der Waals surface area contributed by atoms with Gasteiger partial charge in [0.05, 0.1) is 17.9 Å². The maximum Gasteiger partial charge on any atom is 0.272 e. The lowest BCUT2D eigenvalue weighted by Gasteiger charge is -2.14. The van der Waals surface area contributed by atoms with E-state index in [4.69, 9.17) is 0 Å². The fraction of sp³-hybridized carbons (Fsp3) is 0.391. The molecule has 8 nitrogen and oxygen atoms in total. The number of carbonyl (C=O) groups excluding carboxylic acids is 1. The van der Waals surface area contributed by atoms with Crippen molar-refractivity contribution in [3.8, 4) is 11.1 Å². The van der Waals surface area contributed by atoms with Crippen molar-refractivity contribution < 1.29 is 6.22 Å². The Kier molecular flexibility index (Phi) is 4.19. The van der Waals surface area contributed by atoms with Gasteiger partial charge in [-0.3, -0.25) is 9.20 Å². The number of hydrogen-bond donors (Lipinski definition) is 1. The molecule has 1 N–H and O–H groups in total. The summed E-state index contributed by atoms with van der Waals surface area (Å²) in [7, 11) is 0. The number of nitrogens with one attached hydrogen (secondary N) is 1. The quantitative estimate of drug-likeness (QED) is 0.535.